The lowest BCUT2D eigenvalue weighted by Gasteiger charge is -2.31. The van der Waals surface area contributed by atoms with Crippen LogP contribution in [0.25, 0.3) is 0 Å². The first-order valence-corrected chi connectivity index (χ1v) is 13.3. The number of sulfone groups is 1. The Balaban J connectivity index is 1.52. The molecule has 0 atom stereocenters. The van der Waals surface area contributed by atoms with Gasteiger partial charge in [-0.15, -0.1) is 0 Å². The monoisotopic (exact) mass is 450 g/mol. The number of amides is 1. The van der Waals surface area contributed by atoms with Crippen LogP contribution in [0, 0.1) is 5.92 Å². The summed E-state index contributed by atoms with van der Waals surface area (Å²) in [6.07, 6.45) is 2.49. The molecule has 3 rings (SSSR count). The van der Waals surface area contributed by atoms with Crippen LogP contribution in [0.1, 0.15) is 28.8 Å². The van der Waals surface area contributed by atoms with E-state index in [2.05, 4.69) is 5.32 Å². The highest BCUT2D eigenvalue weighted by atomic mass is 32.2. The Morgan fingerprint density at radius 1 is 1.00 bits per heavy atom. The number of rotatable bonds is 7. The number of benzene rings is 2. The second-order valence-corrected chi connectivity index (χ2v) is 11.7. The lowest BCUT2D eigenvalue weighted by atomic mass is 9.98. The molecule has 1 heterocycles. The van der Waals surface area contributed by atoms with E-state index in [9.17, 15) is 21.6 Å². The zero-order valence-corrected chi connectivity index (χ0v) is 18.5. The van der Waals surface area contributed by atoms with Crippen LogP contribution in [0.4, 0.5) is 0 Å². The van der Waals surface area contributed by atoms with E-state index >= 15 is 0 Å². The van der Waals surface area contributed by atoms with Gasteiger partial charge in [-0.05, 0) is 48.6 Å². The molecule has 7 nitrogen and oxygen atoms in total. The third kappa shape index (κ3) is 5.90. The second kappa shape index (κ2) is 9.28. The van der Waals surface area contributed by atoms with E-state index in [1.165, 1.54) is 4.31 Å². The molecule has 1 aliphatic rings. The topological polar surface area (TPSA) is 101 Å². The van der Waals surface area contributed by atoms with E-state index in [0.717, 1.165) is 6.26 Å². The molecule has 1 aliphatic heterocycles. The number of piperidine rings is 1. The quantitative estimate of drug-likeness (QED) is 0.696. The molecule has 1 fully saturated rings. The largest absolute Gasteiger partial charge is 0.352 e. The number of carbonyl (C=O) groups excluding carboxylic acids is 1. The maximum atomic E-state index is 12.7. The first-order valence-electron chi connectivity index (χ1n) is 9.75. The average Bonchev–Trinajstić information content (AvgIpc) is 2.72. The van der Waals surface area contributed by atoms with Crippen molar-refractivity contribution in [1.29, 1.82) is 0 Å². The molecule has 0 unspecified atom stereocenters. The van der Waals surface area contributed by atoms with Gasteiger partial charge in [0.2, 0.25) is 10.0 Å². The van der Waals surface area contributed by atoms with Crippen LogP contribution in [0.5, 0.6) is 0 Å². The van der Waals surface area contributed by atoms with E-state index in [1.807, 2.05) is 0 Å². The van der Waals surface area contributed by atoms with E-state index in [4.69, 9.17) is 0 Å². The molecule has 0 aliphatic carbocycles. The Kier molecular flexibility index (Phi) is 6.95. The molecule has 0 bridgehead atoms. The summed E-state index contributed by atoms with van der Waals surface area (Å²) in [6.45, 7) is 1.29. The van der Waals surface area contributed by atoms with Crippen molar-refractivity contribution in [1.82, 2.24) is 9.62 Å². The molecule has 0 spiro atoms. The number of hydrogen-bond donors (Lipinski definition) is 1. The summed E-state index contributed by atoms with van der Waals surface area (Å²) < 4.78 is 49.8. The average molecular weight is 451 g/mol. The third-order valence-corrected chi connectivity index (χ3v) is 7.89. The van der Waals surface area contributed by atoms with Gasteiger partial charge < -0.3 is 5.32 Å². The van der Waals surface area contributed by atoms with Gasteiger partial charge in [0.05, 0.1) is 10.6 Å². The van der Waals surface area contributed by atoms with Crippen LogP contribution in [0.15, 0.2) is 59.5 Å². The zero-order valence-electron chi connectivity index (χ0n) is 16.8. The van der Waals surface area contributed by atoms with E-state index < -0.39 is 19.9 Å². The lowest BCUT2D eigenvalue weighted by Crippen LogP contribution is -2.41. The van der Waals surface area contributed by atoms with Crippen molar-refractivity contribution in [2.45, 2.75) is 23.5 Å². The standard InChI is InChI=1S/C21H26N2O5S2/c1-29(25,26)16-18-6-5-7-19(14-18)21(24)22-15-17-10-12-23(13-11-17)30(27,28)20-8-3-2-4-9-20/h2-9,14,17H,10-13,15-16H2,1H3,(H,22,24). The molecule has 2 aromatic carbocycles. The molecule has 162 valence electrons. The Hall–Kier alpha value is -2.23. The van der Waals surface area contributed by atoms with Crippen LogP contribution in [-0.4, -0.2) is 52.9 Å². The van der Waals surface area contributed by atoms with Crippen LogP contribution < -0.4 is 5.32 Å². The molecule has 0 aromatic heterocycles. The first kappa shape index (κ1) is 22.5. The minimum Gasteiger partial charge on any atom is -0.352 e. The van der Waals surface area contributed by atoms with Crippen molar-refractivity contribution in [2.24, 2.45) is 5.92 Å². The van der Waals surface area contributed by atoms with Gasteiger partial charge in [-0.2, -0.15) is 4.31 Å². The Morgan fingerprint density at radius 3 is 2.30 bits per heavy atom. The van der Waals surface area contributed by atoms with Crippen LogP contribution >= 0.6 is 0 Å². The van der Waals surface area contributed by atoms with Crippen molar-refractivity contribution in [3.05, 3.63) is 65.7 Å². The molecule has 1 saturated heterocycles. The predicted octanol–water partition coefficient (Wildman–Crippen LogP) is 2.06. The highest BCUT2D eigenvalue weighted by Gasteiger charge is 2.29. The van der Waals surface area contributed by atoms with Gasteiger partial charge in [0.15, 0.2) is 9.84 Å². The minimum atomic E-state index is -3.48. The van der Waals surface area contributed by atoms with Gasteiger partial charge in [0.1, 0.15) is 0 Å². The summed E-state index contributed by atoms with van der Waals surface area (Å²) in [5.74, 6) is -0.178. The van der Waals surface area contributed by atoms with E-state index in [1.54, 1.807) is 54.6 Å². The smallest absolute Gasteiger partial charge is 0.251 e. The van der Waals surface area contributed by atoms with E-state index in [0.29, 0.717) is 48.5 Å². The van der Waals surface area contributed by atoms with Gasteiger partial charge in [-0.25, -0.2) is 16.8 Å². The molecule has 0 saturated carbocycles. The van der Waals surface area contributed by atoms with Gasteiger partial charge in [0.25, 0.3) is 5.91 Å². The van der Waals surface area contributed by atoms with Crippen LogP contribution in [0.2, 0.25) is 0 Å². The molecular weight excluding hydrogens is 424 g/mol. The fourth-order valence-electron chi connectivity index (χ4n) is 3.54. The lowest BCUT2D eigenvalue weighted by molar-refractivity contribution is 0.0941. The summed E-state index contributed by atoms with van der Waals surface area (Å²) in [4.78, 5) is 12.7. The summed E-state index contributed by atoms with van der Waals surface area (Å²) >= 11 is 0. The molecule has 1 amide bonds. The van der Waals surface area contributed by atoms with Crippen molar-refractivity contribution in [3.63, 3.8) is 0 Å². The molecule has 2 aromatic rings. The highest BCUT2D eigenvalue weighted by molar-refractivity contribution is 7.90. The maximum absolute atomic E-state index is 12.7. The Morgan fingerprint density at radius 2 is 1.67 bits per heavy atom. The normalized spacial score (nSPS) is 16.3. The second-order valence-electron chi connectivity index (χ2n) is 7.64. The third-order valence-electron chi connectivity index (χ3n) is 5.12. The predicted molar refractivity (Wildman–Crippen MR) is 115 cm³/mol. The van der Waals surface area contributed by atoms with Gasteiger partial charge in [-0.3, -0.25) is 4.79 Å². The maximum Gasteiger partial charge on any atom is 0.251 e. The zero-order chi connectivity index (χ0) is 21.8. The Labute approximate surface area is 178 Å². The minimum absolute atomic E-state index is 0.109. The summed E-state index contributed by atoms with van der Waals surface area (Å²) in [5, 5.41) is 2.89. The van der Waals surface area contributed by atoms with Crippen LogP contribution in [-0.2, 0) is 25.6 Å². The fraction of sp³-hybridized carbons (Fsp3) is 0.381. The number of carbonyl (C=O) groups is 1. The van der Waals surface area contributed by atoms with Gasteiger partial charge >= 0.3 is 0 Å². The Bertz CT molecular complexity index is 1090. The van der Waals surface area contributed by atoms with Crippen molar-refractivity contribution >= 4 is 25.8 Å². The van der Waals surface area contributed by atoms with Crippen molar-refractivity contribution in [2.75, 3.05) is 25.9 Å². The number of nitrogens with zero attached hydrogens (tertiary/aromatic N) is 1. The van der Waals surface area contributed by atoms with Crippen molar-refractivity contribution in [3.8, 4) is 0 Å². The summed E-state index contributed by atoms with van der Waals surface area (Å²) in [5.41, 5.74) is 0.991. The fourth-order valence-corrected chi connectivity index (χ4v) is 5.82. The molecule has 9 heteroatoms. The van der Waals surface area contributed by atoms with Gasteiger partial charge in [0, 0.05) is 31.5 Å². The van der Waals surface area contributed by atoms with E-state index in [-0.39, 0.29) is 17.6 Å². The molecule has 0 radical (unpaired) electrons. The number of hydrogen-bond acceptors (Lipinski definition) is 5. The first-order chi connectivity index (χ1) is 14.1. The summed E-state index contributed by atoms with van der Waals surface area (Å²) in [7, 11) is -6.65. The number of sulfonamides is 1. The van der Waals surface area contributed by atoms with Crippen LogP contribution in [0.3, 0.4) is 0 Å². The number of nitrogens with one attached hydrogen (secondary N) is 1. The van der Waals surface area contributed by atoms with Gasteiger partial charge in [-0.1, -0.05) is 30.3 Å². The molecule has 1 N–H and O–H groups in total. The summed E-state index contributed by atoms with van der Waals surface area (Å²) in [6, 6.07) is 15.0. The molecular formula is C21H26N2O5S2. The highest BCUT2D eigenvalue weighted by Crippen LogP contribution is 2.23. The molecule has 30 heavy (non-hydrogen) atoms. The van der Waals surface area contributed by atoms with Crippen molar-refractivity contribution < 1.29 is 21.6 Å². The SMILES string of the molecule is CS(=O)(=O)Cc1cccc(C(=O)NCC2CCN(S(=O)(=O)c3ccccc3)CC2)c1.